The third-order valence-electron chi connectivity index (χ3n) is 4.16. The predicted molar refractivity (Wildman–Crippen MR) is 85.9 cm³/mol. The van der Waals surface area contributed by atoms with Crippen LogP contribution in [0.25, 0.3) is 0 Å². The van der Waals surface area contributed by atoms with Crippen LogP contribution < -0.4 is 5.32 Å². The number of nitro benzene ring substituents is 1. The first-order chi connectivity index (χ1) is 10.9. The molecule has 2 rings (SSSR count). The third kappa shape index (κ3) is 3.77. The number of likely N-dealkylation sites (tertiary alicyclic amines) is 1. The fourth-order valence-corrected chi connectivity index (χ4v) is 2.83. The Morgan fingerprint density at radius 2 is 2.26 bits per heavy atom. The number of nitriles is 1. The van der Waals surface area contributed by atoms with Gasteiger partial charge < -0.3 is 10.2 Å². The van der Waals surface area contributed by atoms with Crippen molar-refractivity contribution in [1.29, 1.82) is 5.26 Å². The number of hydrogen-bond donors (Lipinski definition) is 1. The zero-order chi connectivity index (χ0) is 17.0. The molecule has 1 amide bonds. The second-order valence-corrected chi connectivity index (χ2v) is 5.84. The summed E-state index contributed by atoms with van der Waals surface area (Å²) in [6.45, 7) is 4.53. The summed E-state index contributed by atoms with van der Waals surface area (Å²) >= 11 is 0. The Balaban J connectivity index is 2.13. The predicted octanol–water partition coefficient (Wildman–Crippen LogP) is 2.67. The minimum Gasteiger partial charge on any atom is -0.373 e. The van der Waals surface area contributed by atoms with Gasteiger partial charge in [0.05, 0.1) is 16.2 Å². The van der Waals surface area contributed by atoms with Crippen molar-refractivity contribution < 1.29 is 9.72 Å². The van der Waals surface area contributed by atoms with Crippen molar-refractivity contribution in [2.45, 2.75) is 45.2 Å². The van der Waals surface area contributed by atoms with E-state index in [9.17, 15) is 14.9 Å². The number of non-ortho nitro benzene ring substituents is 1. The minimum atomic E-state index is -0.547. The Labute approximate surface area is 135 Å². The second kappa shape index (κ2) is 7.09. The molecular weight excluding hydrogens is 296 g/mol. The number of anilines is 1. The van der Waals surface area contributed by atoms with Gasteiger partial charge in [0.2, 0.25) is 5.91 Å². The Kier molecular flexibility index (Phi) is 5.16. The monoisotopic (exact) mass is 316 g/mol. The molecule has 122 valence electrons. The van der Waals surface area contributed by atoms with Gasteiger partial charge in [-0.05, 0) is 39.2 Å². The van der Waals surface area contributed by atoms with Crippen LogP contribution >= 0.6 is 0 Å². The van der Waals surface area contributed by atoms with E-state index in [1.54, 1.807) is 6.92 Å². The Bertz CT molecular complexity index is 653. The summed E-state index contributed by atoms with van der Waals surface area (Å²) in [5, 5.41) is 22.9. The number of amides is 1. The van der Waals surface area contributed by atoms with Gasteiger partial charge in [-0.1, -0.05) is 0 Å². The highest BCUT2D eigenvalue weighted by Gasteiger charge is 2.27. The highest BCUT2D eigenvalue weighted by Crippen LogP contribution is 2.23. The number of nitro groups is 1. The lowest BCUT2D eigenvalue weighted by Gasteiger charge is -2.35. The standard InChI is InChI=1S/C16H20N4O3/c1-11-5-3-4-8-19(11)16(21)12(2)18-15-7-6-14(20(22)23)9-13(15)10-17/h6-7,9,11-12,18H,3-5,8H2,1-2H3. The van der Waals surface area contributed by atoms with Gasteiger partial charge in [0.15, 0.2) is 0 Å². The Morgan fingerprint density at radius 3 is 2.87 bits per heavy atom. The van der Waals surface area contributed by atoms with E-state index in [0.717, 1.165) is 25.8 Å². The molecule has 1 aromatic carbocycles. The molecule has 0 bridgehead atoms. The van der Waals surface area contributed by atoms with Gasteiger partial charge in [0.1, 0.15) is 12.1 Å². The molecule has 1 saturated heterocycles. The van der Waals surface area contributed by atoms with Crippen LogP contribution in [-0.2, 0) is 4.79 Å². The summed E-state index contributed by atoms with van der Waals surface area (Å²) in [6, 6.07) is 5.66. The lowest BCUT2D eigenvalue weighted by Crippen LogP contribution is -2.48. The first-order valence-corrected chi connectivity index (χ1v) is 7.69. The van der Waals surface area contributed by atoms with Crippen LogP contribution in [0.4, 0.5) is 11.4 Å². The molecule has 1 aliphatic rings. The number of hydrogen-bond acceptors (Lipinski definition) is 5. The van der Waals surface area contributed by atoms with Crippen LogP contribution in [0.1, 0.15) is 38.7 Å². The highest BCUT2D eigenvalue weighted by atomic mass is 16.6. The fourth-order valence-electron chi connectivity index (χ4n) is 2.83. The highest BCUT2D eigenvalue weighted by molar-refractivity contribution is 5.85. The maximum atomic E-state index is 12.6. The molecule has 0 aromatic heterocycles. The summed E-state index contributed by atoms with van der Waals surface area (Å²) in [5.41, 5.74) is 0.449. The maximum absolute atomic E-state index is 12.6. The quantitative estimate of drug-likeness (QED) is 0.680. The summed E-state index contributed by atoms with van der Waals surface area (Å²) in [5.74, 6) is -0.0144. The Morgan fingerprint density at radius 1 is 1.52 bits per heavy atom. The van der Waals surface area contributed by atoms with Crippen molar-refractivity contribution in [1.82, 2.24) is 4.90 Å². The number of carbonyl (C=O) groups excluding carboxylic acids is 1. The summed E-state index contributed by atoms with van der Waals surface area (Å²) in [6.07, 6.45) is 3.14. The molecule has 7 nitrogen and oxygen atoms in total. The van der Waals surface area contributed by atoms with E-state index >= 15 is 0 Å². The van der Waals surface area contributed by atoms with Crippen molar-refractivity contribution in [3.8, 4) is 6.07 Å². The van der Waals surface area contributed by atoms with E-state index in [2.05, 4.69) is 5.32 Å². The molecular formula is C16H20N4O3. The van der Waals surface area contributed by atoms with Gasteiger partial charge in [0, 0.05) is 24.7 Å². The number of rotatable bonds is 4. The van der Waals surface area contributed by atoms with Gasteiger partial charge in [0.25, 0.3) is 5.69 Å². The van der Waals surface area contributed by atoms with Crippen molar-refractivity contribution in [3.05, 3.63) is 33.9 Å². The molecule has 0 saturated carbocycles. The van der Waals surface area contributed by atoms with E-state index in [-0.39, 0.29) is 23.2 Å². The van der Waals surface area contributed by atoms with Crippen molar-refractivity contribution in [2.75, 3.05) is 11.9 Å². The number of nitrogens with one attached hydrogen (secondary N) is 1. The molecule has 0 spiro atoms. The van der Waals surface area contributed by atoms with E-state index in [4.69, 9.17) is 5.26 Å². The number of carbonyl (C=O) groups is 1. The average Bonchev–Trinajstić information content (AvgIpc) is 2.54. The molecule has 7 heteroatoms. The largest absolute Gasteiger partial charge is 0.373 e. The van der Waals surface area contributed by atoms with E-state index in [1.807, 2.05) is 17.9 Å². The van der Waals surface area contributed by atoms with Crippen LogP contribution in [0, 0.1) is 21.4 Å². The number of piperidine rings is 1. The second-order valence-electron chi connectivity index (χ2n) is 5.84. The molecule has 1 aromatic rings. The summed E-state index contributed by atoms with van der Waals surface area (Å²) in [7, 11) is 0. The molecule has 1 heterocycles. The van der Waals surface area contributed by atoms with Gasteiger partial charge >= 0.3 is 0 Å². The molecule has 2 atom stereocenters. The Hall–Kier alpha value is -2.62. The fraction of sp³-hybridized carbons (Fsp3) is 0.500. The molecule has 1 N–H and O–H groups in total. The first kappa shape index (κ1) is 16.7. The SMILES string of the molecule is CC(Nc1ccc([N+](=O)[O-])cc1C#N)C(=O)N1CCCCC1C. The first-order valence-electron chi connectivity index (χ1n) is 7.69. The third-order valence-corrected chi connectivity index (χ3v) is 4.16. The lowest BCUT2D eigenvalue weighted by atomic mass is 10.0. The summed E-state index contributed by atoms with van der Waals surface area (Å²) < 4.78 is 0. The number of benzene rings is 1. The number of nitrogens with zero attached hydrogens (tertiary/aromatic N) is 3. The molecule has 1 aliphatic heterocycles. The van der Waals surface area contributed by atoms with E-state index in [1.165, 1.54) is 18.2 Å². The van der Waals surface area contributed by atoms with Crippen molar-refractivity contribution >= 4 is 17.3 Å². The smallest absolute Gasteiger partial charge is 0.270 e. The van der Waals surface area contributed by atoms with Crippen molar-refractivity contribution in [2.24, 2.45) is 0 Å². The zero-order valence-corrected chi connectivity index (χ0v) is 13.3. The lowest BCUT2D eigenvalue weighted by molar-refractivity contribution is -0.384. The van der Waals surface area contributed by atoms with Gasteiger partial charge in [-0.3, -0.25) is 14.9 Å². The molecule has 0 aliphatic carbocycles. The maximum Gasteiger partial charge on any atom is 0.270 e. The summed E-state index contributed by atoms with van der Waals surface area (Å²) in [4.78, 5) is 24.6. The zero-order valence-electron chi connectivity index (χ0n) is 13.3. The molecule has 2 unspecified atom stereocenters. The molecule has 23 heavy (non-hydrogen) atoms. The van der Waals surface area contributed by atoms with E-state index in [0.29, 0.717) is 5.69 Å². The van der Waals surface area contributed by atoms with Gasteiger partial charge in [-0.2, -0.15) is 5.26 Å². The van der Waals surface area contributed by atoms with Crippen LogP contribution in [0.15, 0.2) is 18.2 Å². The molecule has 1 fully saturated rings. The van der Waals surface area contributed by atoms with Crippen molar-refractivity contribution in [3.63, 3.8) is 0 Å². The van der Waals surface area contributed by atoms with Crippen LogP contribution in [-0.4, -0.2) is 34.4 Å². The van der Waals surface area contributed by atoms with Crippen LogP contribution in [0.3, 0.4) is 0 Å². The van der Waals surface area contributed by atoms with E-state index < -0.39 is 11.0 Å². The van der Waals surface area contributed by atoms with Gasteiger partial charge in [-0.15, -0.1) is 0 Å². The normalized spacial score (nSPS) is 18.8. The van der Waals surface area contributed by atoms with Crippen LogP contribution in [0.5, 0.6) is 0 Å². The minimum absolute atomic E-state index is 0.0144. The average molecular weight is 316 g/mol. The van der Waals surface area contributed by atoms with Gasteiger partial charge in [-0.25, -0.2) is 0 Å². The molecule has 0 radical (unpaired) electrons. The topological polar surface area (TPSA) is 99.3 Å². The van der Waals surface area contributed by atoms with Crippen LogP contribution in [0.2, 0.25) is 0 Å².